The highest BCUT2D eigenvalue weighted by atomic mass is 15.1. The van der Waals surface area contributed by atoms with Gasteiger partial charge in [0.15, 0.2) is 0 Å². The van der Waals surface area contributed by atoms with Gasteiger partial charge in [0.1, 0.15) is 0 Å². The fourth-order valence-corrected chi connectivity index (χ4v) is 2.73. The molecule has 0 radical (unpaired) electrons. The summed E-state index contributed by atoms with van der Waals surface area (Å²) in [7, 11) is 2.19. The maximum Gasteiger partial charge on any atom is 0.0950 e. The molecular formula is C13H24N4. The lowest BCUT2D eigenvalue weighted by atomic mass is 10.1. The van der Waals surface area contributed by atoms with Crippen LogP contribution < -0.4 is 5.73 Å². The van der Waals surface area contributed by atoms with Crippen molar-refractivity contribution in [1.29, 1.82) is 0 Å². The second-order valence-corrected chi connectivity index (χ2v) is 5.24. The summed E-state index contributed by atoms with van der Waals surface area (Å²) in [6.07, 6.45) is 9.65. The molecule has 1 fully saturated rings. The molecule has 0 bridgehead atoms. The fraction of sp³-hybridized carbons (Fsp3) is 0.769. The van der Waals surface area contributed by atoms with E-state index in [1.807, 2.05) is 6.33 Å². The van der Waals surface area contributed by atoms with Crippen LogP contribution in [0.15, 0.2) is 12.5 Å². The Labute approximate surface area is 104 Å². The van der Waals surface area contributed by atoms with Gasteiger partial charge in [-0.05, 0) is 25.8 Å². The van der Waals surface area contributed by atoms with Crippen molar-refractivity contribution in [2.75, 3.05) is 20.1 Å². The number of nitrogens with zero attached hydrogens (tertiary/aromatic N) is 3. The van der Waals surface area contributed by atoms with Crippen molar-refractivity contribution in [3.8, 4) is 0 Å². The van der Waals surface area contributed by atoms with E-state index in [-0.39, 0.29) is 0 Å². The Hall–Kier alpha value is -0.870. The summed E-state index contributed by atoms with van der Waals surface area (Å²) in [6.45, 7) is 3.70. The number of nitrogens with two attached hydrogens (primary N) is 1. The minimum Gasteiger partial charge on any atom is -0.336 e. The first-order chi connectivity index (χ1) is 8.28. The first-order valence-electron chi connectivity index (χ1n) is 6.67. The zero-order valence-electron chi connectivity index (χ0n) is 10.8. The van der Waals surface area contributed by atoms with Crippen molar-refractivity contribution < 1.29 is 0 Å². The average Bonchev–Trinajstić information content (AvgIpc) is 2.91. The van der Waals surface area contributed by atoms with Gasteiger partial charge in [-0.3, -0.25) is 0 Å². The van der Waals surface area contributed by atoms with Crippen LogP contribution in [0.1, 0.15) is 31.4 Å². The van der Waals surface area contributed by atoms with Crippen LogP contribution in [0.4, 0.5) is 0 Å². The molecule has 4 nitrogen and oxygen atoms in total. The molecule has 1 aliphatic rings. The van der Waals surface area contributed by atoms with Crippen LogP contribution in [0, 0.1) is 5.92 Å². The molecular weight excluding hydrogens is 212 g/mol. The van der Waals surface area contributed by atoms with Crippen LogP contribution in [0.3, 0.4) is 0 Å². The molecule has 2 N–H and O–H groups in total. The predicted molar refractivity (Wildman–Crippen MR) is 69.6 cm³/mol. The summed E-state index contributed by atoms with van der Waals surface area (Å²) in [5.74, 6) is 0.908. The lowest BCUT2D eigenvalue weighted by Crippen LogP contribution is -2.24. The van der Waals surface area contributed by atoms with Crippen molar-refractivity contribution >= 4 is 0 Å². The van der Waals surface area contributed by atoms with Gasteiger partial charge in [0.05, 0.1) is 12.0 Å². The van der Waals surface area contributed by atoms with E-state index in [0.29, 0.717) is 6.54 Å². The second-order valence-electron chi connectivity index (χ2n) is 5.24. The van der Waals surface area contributed by atoms with Gasteiger partial charge < -0.3 is 15.2 Å². The quantitative estimate of drug-likeness (QED) is 0.813. The van der Waals surface area contributed by atoms with Crippen LogP contribution in [-0.2, 0) is 13.1 Å². The highest BCUT2D eigenvalue weighted by Crippen LogP contribution is 2.25. The fourth-order valence-electron chi connectivity index (χ4n) is 2.73. The molecule has 0 saturated heterocycles. The van der Waals surface area contributed by atoms with Gasteiger partial charge in [-0.2, -0.15) is 0 Å². The molecule has 0 amide bonds. The van der Waals surface area contributed by atoms with Crippen LogP contribution in [0.5, 0.6) is 0 Å². The Balaban J connectivity index is 1.78. The second kappa shape index (κ2) is 6.17. The largest absolute Gasteiger partial charge is 0.336 e. The maximum atomic E-state index is 5.52. The van der Waals surface area contributed by atoms with E-state index >= 15 is 0 Å². The van der Waals surface area contributed by atoms with E-state index in [0.717, 1.165) is 24.7 Å². The highest BCUT2D eigenvalue weighted by Gasteiger charge is 2.17. The van der Waals surface area contributed by atoms with Gasteiger partial charge >= 0.3 is 0 Å². The monoisotopic (exact) mass is 236 g/mol. The molecule has 1 heterocycles. The Morgan fingerprint density at radius 1 is 1.47 bits per heavy atom. The molecule has 0 atom stereocenters. The molecule has 0 unspecified atom stereocenters. The van der Waals surface area contributed by atoms with E-state index in [2.05, 4.69) is 27.7 Å². The van der Waals surface area contributed by atoms with Gasteiger partial charge in [0.2, 0.25) is 0 Å². The normalized spacial score (nSPS) is 17.1. The molecule has 4 heteroatoms. The predicted octanol–water partition coefficient (Wildman–Crippen LogP) is 1.46. The third kappa shape index (κ3) is 3.82. The molecule has 1 saturated carbocycles. The van der Waals surface area contributed by atoms with Crippen molar-refractivity contribution in [1.82, 2.24) is 14.5 Å². The van der Waals surface area contributed by atoms with Gasteiger partial charge in [-0.25, -0.2) is 4.98 Å². The Kier molecular flexibility index (Phi) is 4.57. The van der Waals surface area contributed by atoms with Crippen molar-refractivity contribution in [3.63, 3.8) is 0 Å². The summed E-state index contributed by atoms with van der Waals surface area (Å²) in [4.78, 5) is 6.81. The summed E-state index contributed by atoms with van der Waals surface area (Å²) in [5, 5.41) is 0. The minimum atomic E-state index is 0.674. The van der Waals surface area contributed by atoms with Crippen molar-refractivity contribution in [3.05, 3.63) is 18.2 Å². The van der Waals surface area contributed by atoms with E-state index in [4.69, 9.17) is 5.73 Å². The van der Waals surface area contributed by atoms with Crippen LogP contribution in [0.25, 0.3) is 0 Å². The van der Waals surface area contributed by atoms with Gasteiger partial charge in [-0.15, -0.1) is 0 Å². The molecule has 17 heavy (non-hydrogen) atoms. The number of rotatable bonds is 6. The van der Waals surface area contributed by atoms with Crippen molar-refractivity contribution in [2.24, 2.45) is 11.7 Å². The summed E-state index contributed by atoms with van der Waals surface area (Å²) in [6, 6.07) is 0. The molecule has 0 aromatic carbocycles. The highest BCUT2D eigenvalue weighted by molar-refractivity contribution is 4.96. The van der Waals surface area contributed by atoms with Crippen LogP contribution in [-0.4, -0.2) is 34.6 Å². The van der Waals surface area contributed by atoms with Crippen molar-refractivity contribution in [2.45, 2.75) is 38.8 Å². The lowest BCUT2D eigenvalue weighted by molar-refractivity contribution is 0.269. The summed E-state index contributed by atoms with van der Waals surface area (Å²) in [5.41, 5.74) is 6.67. The summed E-state index contributed by atoms with van der Waals surface area (Å²) >= 11 is 0. The smallest absolute Gasteiger partial charge is 0.0950 e. The van der Waals surface area contributed by atoms with Gasteiger partial charge in [-0.1, -0.05) is 12.8 Å². The number of hydrogen-bond donors (Lipinski definition) is 1. The van der Waals surface area contributed by atoms with Crippen LogP contribution in [0.2, 0.25) is 0 Å². The molecule has 1 aliphatic carbocycles. The van der Waals surface area contributed by atoms with Gasteiger partial charge in [0, 0.05) is 32.4 Å². The topological polar surface area (TPSA) is 47.1 Å². The minimum absolute atomic E-state index is 0.674. The van der Waals surface area contributed by atoms with Crippen LogP contribution >= 0.6 is 0 Å². The first kappa shape index (κ1) is 12.6. The number of imidazole rings is 1. The molecule has 96 valence electrons. The molecule has 2 rings (SSSR count). The Morgan fingerprint density at radius 3 is 2.94 bits per heavy atom. The molecule has 0 aliphatic heterocycles. The van der Waals surface area contributed by atoms with Gasteiger partial charge in [0.25, 0.3) is 0 Å². The van der Waals surface area contributed by atoms with E-state index in [9.17, 15) is 0 Å². The average molecular weight is 236 g/mol. The van der Waals surface area contributed by atoms with E-state index in [1.54, 1.807) is 0 Å². The maximum absolute atomic E-state index is 5.52. The lowest BCUT2D eigenvalue weighted by Gasteiger charge is -2.19. The SMILES string of the molecule is CN(Cc1cn(CCN)cn1)CC1CCCC1. The zero-order chi connectivity index (χ0) is 12.1. The number of aromatic nitrogens is 2. The van der Waals surface area contributed by atoms with E-state index in [1.165, 1.54) is 32.2 Å². The third-order valence-electron chi connectivity index (χ3n) is 3.55. The Morgan fingerprint density at radius 2 is 2.24 bits per heavy atom. The molecule has 0 spiro atoms. The van der Waals surface area contributed by atoms with E-state index < -0.39 is 0 Å². The summed E-state index contributed by atoms with van der Waals surface area (Å²) < 4.78 is 2.07. The standard InChI is InChI=1S/C13H24N4/c1-16(8-12-4-2-3-5-12)9-13-10-17(7-6-14)11-15-13/h10-12H,2-9,14H2,1H3. The Bertz CT molecular complexity index is 328. The molecule has 1 aromatic rings. The molecule has 1 aromatic heterocycles. The third-order valence-corrected chi connectivity index (χ3v) is 3.55. The first-order valence-corrected chi connectivity index (χ1v) is 6.67. The number of hydrogen-bond acceptors (Lipinski definition) is 3. The zero-order valence-corrected chi connectivity index (χ0v) is 10.8.